The highest BCUT2D eigenvalue weighted by molar-refractivity contribution is 8.24. The molecular formula is C116H168N10O11S9. The number of benzene rings is 7. The molecule has 21 nitrogen and oxygen atoms in total. The molecule has 10 saturated heterocycles. The van der Waals surface area contributed by atoms with Crippen LogP contribution in [-0.2, 0) is 52.4 Å². The number of ether oxygens (including phenoxy) is 7. The standard InChI is InChI=1S/2C13H17NO2.C13H17NOS.C13H17NS2.C12H15NO2.C12H15NOS.C12H15NS2.C9H17NO2.C9H17NOS.C9H17NS2.CH4/c1-9(2)14-10(3)12(16-13(14)15)11-7-5-4-6-8-11;1-10(2)14-12(9-16-13(14)15)8-11-6-4-3-5-7-11;1-10(2)14-12(9-15-13(14)16)8-11-6-4-3-5-7-11;1-10(2)14-12(9-16-13(14)15)8-11-6-4-3-5-7-11;1-9(2)13-11(8-15-12(13)14)10-6-4-3-5-7-10;1-9(2)13-11(8-14-12(13)15)10-6-4-3-5-7-10;1-9(2)13-11(8-15-12(13)14)10-6-4-3-5-7-10;1-6(2)8-5-12-9(11)10(8)7(3)4;1-6(2)8-5-11-9(12)10(8)7(3)4;1-6(2)8-5-12-9(11)10(8)7(3)4;/h4-10,12H,1-3H3;3*3-7,10,12H,8-9H2,1-2H3;3*3-7,9,11H,8H2,1-2H3;3*6-8H,5H2,1-4H3;1H4/t10-,12-;3*12-;3*11-;3*8-;/m1111000000./s1. The summed E-state index contributed by atoms with van der Waals surface area (Å²) in [5, 5.41) is 1.94. The summed E-state index contributed by atoms with van der Waals surface area (Å²) in [5.74, 6) is 5.17. The Morgan fingerprint density at radius 1 is 0.260 bits per heavy atom. The van der Waals surface area contributed by atoms with Gasteiger partial charge in [-0.3, -0.25) is 19.6 Å². The van der Waals surface area contributed by atoms with Gasteiger partial charge >= 0.3 is 24.4 Å². The van der Waals surface area contributed by atoms with Gasteiger partial charge in [-0.15, -0.1) is 0 Å². The van der Waals surface area contributed by atoms with Crippen LogP contribution < -0.4 is 0 Å². The van der Waals surface area contributed by atoms with E-state index in [1.54, 1.807) is 21.6 Å². The van der Waals surface area contributed by atoms with Gasteiger partial charge in [0.25, 0.3) is 15.5 Å². The third-order valence-corrected chi connectivity index (χ3v) is 32.0. The normalized spacial score (nSPS) is 21.9. The van der Waals surface area contributed by atoms with Gasteiger partial charge in [0.15, 0.2) is 0 Å². The summed E-state index contributed by atoms with van der Waals surface area (Å²) in [6, 6.07) is 79.3. The van der Waals surface area contributed by atoms with E-state index in [2.05, 4.69) is 275 Å². The van der Waals surface area contributed by atoms with E-state index in [1.807, 2.05) is 187 Å². The number of thiocarbonyl (C=S) groups is 6. The Bertz CT molecular complexity index is 4670. The van der Waals surface area contributed by atoms with Gasteiger partial charge in [0, 0.05) is 89.8 Å². The van der Waals surface area contributed by atoms with Crippen molar-refractivity contribution in [2.75, 3.05) is 56.9 Å². The van der Waals surface area contributed by atoms with Crippen molar-refractivity contribution in [1.29, 1.82) is 0 Å². The fraction of sp³-hybridized carbons (Fsp3) is 0.552. The van der Waals surface area contributed by atoms with E-state index in [9.17, 15) is 19.2 Å². The molecule has 0 spiro atoms. The molecular weight excluding hydrogens is 2000 g/mol. The molecule has 10 fully saturated rings. The number of hydrogen-bond donors (Lipinski definition) is 0. The minimum atomic E-state index is -0.212. The first-order valence-corrected chi connectivity index (χ1v) is 57.1. The number of rotatable bonds is 23. The summed E-state index contributed by atoms with van der Waals surface area (Å²) >= 11 is 37.1. The summed E-state index contributed by atoms with van der Waals surface area (Å²) in [6.07, 6.45) is 2.06. The van der Waals surface area contributed by atoms with Crippen LogP contribution in [0.25, 0.3) is 0 Å². The highest BCUT2D eigenvalue weighted by Crippen LogP contribution is 2.40. The molecule has 0 aromatic heterocycles. The van der Waals surface area contributed by atoms with Crippen molar-refractivity contribution in [1.82, 2.24) is 49.0 Å². The van der Waals surface area contributed by atoms with Gasteiger partial charge in [-0.1, -0.05) is 333 Å². The summed E-state index contributed by atoms with van der Waals surface area (Å²) in [7, 11) is 0. The Kier molecular flexibility index (Phi) is 52.5. The van der Waals surface area contributed by atoms with E-state index in [0.717, 1.165) is 61.5 Å². The molecule has 30 heteroatoms. The van der Waals surface area contributed by atoms with Crippen LogP contribution in [0.2, 0.25) is 0 Å². The Labute approximate surface area is 921 Å². The van der Waals surface area contributed by atoms with Crippen molar-refractivity contribution in [3.63, 3.8) is 0 Å². The number of carbonyl (C=O) groups is 4. The van der Waals surface area contributed by atoms with Crippen molar-refractivity contribution in [3.8, 4) is 0 Å². The molecule has 0 radical (unpaired) electrons. The number of thioether (sulfide) groups is 3. The first-order chi connectivity index (χ1) is 68.9. The summed E-state index contributed by atoms with van der Waals surface area (Å²) in [5.41, 5.74) is 8.83. The zero-order chi connectivity index (χ0) is 107. The maximum atomic E-state index is 11.7. The van der Waals surface area contributed by atoms with E-state index >= 15 is 0 Å². The molecule has 0 N–H and O–H groups in total. The molecule has 7 aromatic carbocycles. The zero-order valence-corrected chi connectivity index (χ0v) is 98.0. The number of nitrogens with zero attached hydrogens (tertiary/aromatic N) is 10. The third-order valence-electron chi connectivity index (χ3n) is 26.4. The molecule has 0 unspecified atom stereocenters. The maximum absolute atomic E-state index is 11.7. The molecule has 0 bridgehead atoms. The SMILES string of the molecule is C.CC(C)N1C(=O)OC[C@H]1Cc1ccccc1.CC(C)N1C(=O)OC[C@H]1c1ccccc1.CC(C)N1C(=O)O[C@@H](c2ccccc2)[C@H]1C.CC(C)N1C(=S)OC[C@H]1Cc1ccccc1.CC(C)N1C(=S)OC[C@H]1c1ccccc1.CC(C)N1C(=S)SC[C@H]1Cc1ccccc1.CC(C)N1C(=S)SC[C@H]1c1ccccc1.CC(C)[C@@H]1COC(=O)N1C(C)C.CC(C)[C@@H]1COC(=S)N1C(C)C.CC(C)[C@@H]1CSC(=S)N1C(C)C. The molecule has 0 aliphatic carbocycles. The Morgan fingerprint density at radius 2 is 0.548 bits per heavy atom. The number of hydrogen-bond acceptors (Lipinski definition) is 20. The average molecular weight is 2170 g/mol. The largest absolute Gasteiger partial charge is 0.469 e. The summed E-state index contributed by atoms with van der Waals surface area (Å²) in [4.78, 5) is 66.9. The monoisotopic (exact) mass is 2170 g/mol. The molecule has 0 saturated carbocycles. The molecule has 146 heavy (non-hydrogen) atoms. The van der Waals surface area contributed by atoms with Crippen LogP contribution >= 0.6 is 109 Å². The van der Waals surface area contributed by atoms with Crippen LogP contribution in [-0.4, -0.2) is 261 Å². The van der Waals surface area contributed by atoms with Crippen LogP contribution in [0.3, 0.4) is 0 Å². The predicted octanol–water partition coefficient (Wildman–Crippen LogP) is 27.5. The molecule has 7 aromatic rings. The fourth-order valence-electron chi connectivity index (χ4n) is 19.2. The first-order valence-electron chi connectivity index (χ1n) is 51.7. The molecule has 10 heterocycles. The van der Waals surface area contributed by atoms with E-state index in [-0.39, 0.29) is 92.3 Å². The minimum Gasteiger partial charge on any atom is -0.469 e. The van der Waals surface area contributed by atoms with Gasteiger partial charge in [-0.25, -0.2) is 19.2 Å². The summed E-state index contributed by atoms with van der Waals surface area (Å²) in [6.45, 7) is 61.1. The molecule has 4 amide bonds. The lowest BCUT2D eigenvalue weighted by Gasteiger charge is -2.31. The Morgan fingerprint density at radius 3 is 0.945 bits per heavy atom. The third kappa shape index (κ3) is 36.1. The van der Waals surface area contributed by atoms with Crippen molar-refractivity contribution in [3.05, 3.63) is 251 Å². The second-order valence-corrected chi connectivity index (χ2v) is 47.4. The number of carbonyl (C=O) groups excluding carboxylic acids is 4. The lowest BCUT2D eigenvalue weighted by atomic mass is 10.0. The highest BCUT2D eigenvalue weighted by Gasteiger charge is 2.44. The molecule has 11 atom stereocenters. The molecule has 10 aliphatic heterocycles. The smallest absolute Gasteiger partial charge is 0.411 e. The Balaban J connectivity index is 0.000000220. The van der Waals surface area contributed by atoms with Crippen molar-refractivity contribution < 1.29 is 52.3 Å². The predicted molar refractivity (Wildman–Crippen MR) is 632 cm³/mol. The van der Waals surface area contributed by atoms with Gasteiger partial charge in [-0.05, 0) is 258 Å². The fourth-order valence-corrected chi connectivity index (χ4v) is 25.7. The lowest BCUT2D eigenvalue weighted by Crippen LogP contribution is -2.41. The van der Waals surface area contributed by atoms with E-state index in [0.29, 0.717) is 133 Å². The average Bonchev–Trinajstić information content (AvgIpc) is 1.63. The summed E-state index contributed by atoms with van der Waals surface area (Å²) < 4.78 is 40.1. The van der Waals surface area contributed by atoms with Gasteiger partial charge in [-0.2, -0.15) is 0 Å². The molecule has 802 valence electrons. The first kappa shape index (κ1) is 124. The van der Waals surface area contributed by atoms with Crippen LogP contribution in [0.15, 0.2) is 212 Å². The van der Waals surface area contributed by atoms with E-state index in [1.165, 1.54) is 33.6 Å². The quantitative estimate of drug-likeness (QED) is 0.0438. The van der Waals surface area contributed by atoms with Crippen LogP contribution in [0.1, 0.15) is 258 Å². The molecule has 10 aliphatic rings. The number of cyclic esters (lactones) is 4. The van der Waals surface area contributed by atoms with Crippen molar-refractivity contribution >= 4 is 161 Å². The van der Waals surface area contributed by atoms with Gasteiger partial charge in [0.05, 0.1) is 48.3 Å². The number of amides is 4. The van der Waals surface area contributed by atoms with Crippen LogP contribution in [0.4, 0.5) is 19.2 Å². The van der Waals surface area contributed by atoms with E-state index in [4.69, 9.17) is 106 Å². The maximum Gasteiger partial charge on any atom is 0.411 e. The van der Waals surface area contributed by atoms with Crippen molar-refractivity contribution in [2.45, 2.75) is 341 Å². The second-order valence-electron chi connectivity index (χ2n) is 41.4. The zero-order valence-electron chi connectivity index (χ0n) is 90.7. The van der Waals surface area contributed by atoms with Crippen LogP contribution in [0, 0.1) is 17.8 Å². The van der Waals surface area contributed by atoms with Crippen molar-refractivity contribution in [2.24, 2.45) is 17.8 Å². The van der Waals surface area contributed by atoms with E-state index < -0.39 is 0 Å². The van der Waals surface area contributed by atoms with Crippen LogP contribution in [0.5, 0.6) is 0 Å². The van der Waals surface area contributed by atoms with Gasteiger partial charge < -0.3 is 62.6 Å². The molecule has 17 rings (SSSR count). The van der Waals surface area contributed by atoms with Gasteiger partial charge in [0.1, 0.15) is 58.7 Å². The topological polar surface area (TPSA) is 165 Å². The Hall–Kier alpha value is -8.59. The highest BCUT2D eigenvalue weighted by atomic mass is 32.2. The minimum absolute atomic E-state index is 0. The second kappa shape index (κ2) is 61.7. The van der Waals surface area contributed by atoms with Gasteiger partial charge in [0.2, 0.25) is 0 Å². The lowest BCUT2D eigenvalue weighted by molar-refractivity contribution is 0.128.